The number of aliphatic carboxylic acids is 1. The maximum absolute atomic E-state index is 12.8. The fourth-order valence-corrected chi connectivity index (χ4v) is 5.77. The van der Waals surface area contributed by atoms with Crippen LogP contribution in [0.1, 0.15) is 162 Å². The number of esters is 2. The van der Waals surface area contributed by atoms with Gasteiger partial charge in [0.15, 0.2) is 12.4 Å². The number of allylic oxidation sites excluding steroid dienone is 14. The molecule has 0 aromatic carbocycles. The van der Waals surface area contributed by atoms with E-state index in [0.29, 0.717) is 17.4 Å². The average Bonchev–Trinajstić information content (AvgIpc) is 3.21. The molecule has 342 valence electrons. The van der Waals surface area contributed by atoms with E-state index in [1.807, 2.05) is 21.1 Å². The molecule has 2 unspecified atom stereocenters. The molecule has 0 aromatic rings. The van der Waals surface area contributed by atoms with E-state index in [9.17, 15) is 19.5 Å². The summed E-state index contributed by atoms with van der Waals surface area (Å²) in [7, 11) is 5.88. The molecule has 0 rings (SSSR count). The summed E-state index contributed by atoms with van der Waals surface area (Å²) >= 11 is 0. The topological polar surface area (TPSA) is 111 Å². The highest BCUT2D eigenvalue weighted by Gasteiger charge is 2.21. The smallest absolute Gasteiger partial charge is 0.306 e. The molecule has 60 heavy (non-hydrogen) atoms. The number of hydrogen-bond donors (Lipinski definition) is 0. The quantitative estimate of drug-likeness (QED) is 0.0197. The second-order valence-corrected chi connectivity index (χ2v) is 16.3. The van der Waals surface area contributed by atoms with Gasteiger partial charge in [-0.2, -0.15) is 0 Å². The summed E-state index contributed by atoms with van der Waals surface area (Å²) in [5.74, 6) is -2.37. The minimum Gasteiger partial charge on any atom is -0.545 e. The van der Waals surface area contributed by atoms with E-state index in [0.717, 1.165) is 89.9 Å². The molecule has 0 amide bonds. The Hall–Kier alpha value is -3.53. The van der Waals surface area contributed by atoms with E-state index >= 15 is 0 Å². The van der Waals surface area contributed by atoms with Crippen molar-refractivity contribution < 1.29 is 42.9 Å². The monoisotopic (exact) mass is 840 g/mol. The largest absolute Gasteiger partial charge is 0.545 e. The standard InChI is InChI=1S/C51H85NO8/c1-6-8-10-12-14-16-18-20-22-23-24-25-26-27-28-30-32-34-36-38-40-42-49(54)60-47(46-59-51(50(55)56)57-44-43-52(3,4)5)45-58-48(53)41-39-37-35-33-31-29-21-19-17-15-13-11-9-7-2/h8,10,14,16,19-22,24-25,27-28,32,34,47,51H,6-7,9,11-13,15,17-18,23,26,29-31,33,35-46H2,1-5H3/b10-8-,16-14-,21-19-,22-20-,25-24-,28-27-,34-32-. The lowest BCUT2D eigenvalue weighted by Gasteiger charge is -2.26. The minimum atomic E-state index is -1.64. The lowest BCUT2D eigenvalue weighted by atomic mass is 10.1. The average molecular weight is 840 g/mol. The third-order valence-electron chi connectivity index (χ3n) is 9.38. The highest BCUT2D eigenvalue weighted by atomic mass is 16.7. The molecule has 0 saturated carbocycles. The van der Waals surface area contributed by atoms with Crippen LogP contribution in [0.4, 0.5) is 0 Å². The Labute approximate surface area is 366 Å². The Kier molecular flexibility index (Phi) is 39.7. The first-order valence-electron chi connectivity index (χ1n) is 23.2. The van der Waals surface area contributed by atoms with E-state index in [4.69, 9.17) is 18.9 Å². The number of carboxylic acids is 1. The van der Waals surface area contributed by atoms with Gasteiger partial charge in [0.1, 0.15) is 13.2 Å². The molecule has 0 heterocycles. The maximum Gasteiger partial charge on any atom is 0.306 e. The number of hydrogen-bond acceptors (Lipinski definition) is 8. The van der Waals surface area contributed by atoms with Gasteiger partial charge in [-0.25, -0.2) is 0 Å². The molecule has 9 nitrogen and oxygen atoms in total. The predicted molar refractivity (Wildman–Crippen MR) is 246 cm³/mol. The number of carbonyl (C=O) groups excluding carboxylic acids is 3. The van der Waals surface area contributed by atoms with Crippen LogP contribution in [0.3, 0.4) is 0 Å². The molecule has 0 fully saturated rings. The van der Waals surface area contributed by atoms with Gasteiger partial charge in [0.25, 0.3) is 0 Å². The summed E-state index contributed by atoms with van der Waals surface area (Å²) in [5.41, 5.74) is 0. The van der Waals surface area contributed by atoms with Gasteiger partial charge in [-0.1, -0.05) is 144 Å². The molecule has 9 heteroatoms. The fraction of sp³-hybridized carbons (Fsp3) is 0.667. The first kappa shape index (κ1) is 56.5. The number of ether oxygens (including phenoxy) is 4. The van der Waals surface area contributed by atoms with Crippen LogP contribution >= 0.6 is 0 Å². The van der Waals surface area contributed by atoms with Crippen molar-refractivity contribution in [1.29, 1.82) is 0 Å². The van der Waals surface area contributed by atoms with Crippen molar-refractivity contribution >= 4 is 17.9 Å². The fourth-order valence-electron chi connectivity index (χ4n) is 5.77. The normalized spacial score (nSPS) is 13.7. The summed E-state index contributed by atoms with van der Waals surface area (Å²) in [6, 6.07) is 0. The predicted octanol–water partition coefficient (Wildman–Crippen LogP) is 11.2. The van der Waals surface area contributed by atoms with Crippen molar-refractivity contribution in [2.75, 3.05) is 47.5 Å². The van der Waals surface area contributed by atoms with Crippen LogP contribution in [0.5, 0.6) is 0 Å². The molecule has 0 spiro atoms. The molecule has 0 aliphatic heterocycles. The zero-order valence-electron chi connectivity index (χ0n) is 38.5. The number of rotatable bonds is 41. The summed E-state index contributed by atoms with van der Waals surface area (Å²) in [5, 5.41) is 11.7. The van der Waals surface area contributed by atoms with Crippen molar-refractivity contribution in [1.82, 2.24) is 0 Å². The lowest BCUT2D eigenvalue weighted by molar-refractivity contribution is -0.870. The van der Waals surface area contributed by atoms with Crippen LogP contribution in [0.2, 0.25) is 0 Å². The Morgan fingerprint density at radius 1 is 0.517 bits per heavy atom. The van der Waals surface area contributed by atoms with Crippen molar-refractivity contribution in [3.63, 3.8) is 0 Å². The summed E-state index contributed by atoms with van der Waals surface area (Å²) in [6.07, 6.45) is 50.4. The number of carbonyl (C=O) groups is 3. The summed E-state index contributed by atoms with van der Waals surface area (Å²) in [6.45, 7) is 4.53. The molecule has 0 aliphatic rings. The van der Waals surface area contributed by atoms with Gasteiger partial charge in [0, 0.05) is 12.8 Å². The zero-order chi connectivity index (χ0) is 44.2. The molecular formula is C51H85NO8. The van der Waals surface area contributed by atoms with E-state index < -0.39 is 24.3 Å². The zero-order valence-corrected chi connectivity index (χ0v) is 38.5. The second kappa shape index (κ2) is 42.2. The molecule has 0 N–H and O–H groups in total. The van der Waals surface area contributed by atoms with Gasteiger partial charge in [-0.05, 0) is 89.9 Å². The van der Waals surface area contributed by atoms with Crippen LogP contribution in [0, 0.1) is 0 Å². The minimum absolute atomic E-state index is 0.133. The summed E-state index contributed by atoms with van der Waals surface area (Å²) < 4.78 is 22.5. The Bertz CT molecular complexity index is 1260. The van der Waals surface area contributed by atoms with Gasteiger partial charge in [-0.3, -0.25) is 9.59 Å². The number of unbranched alkanes of at least 4 members (excludes halogenated alkanes) is 12. The molecule has 0 radical (unpaired) electrons. The molecule has 0 bridgehead atoms. The van der Waals surface area contributed by atoms with Gasteiger partial charge >= 0.3 is 11.9 Å². The van der Waals surface area contributed by atoms with Crippen LogP contribution in [0.25, 0.3) is 0 Å². The maximum atomic E-state index is 12.8. The highest BCUT2D eigenvalue weighted by Crippen LogP contribution is 2.12. The van der Waals surface area contributed by atoms with Gasteiger partial charge in [-0.15, -0.1) is 0 Å². The van der Waals surface area contributed by atoms with Crippen LogP contribution in [-0.2, 0) is 33.3 Å². The summed E-state index contributed by atoms with van der Waals surface area (Å²) in [4.78, 5) is 37.0. The third-order valence-corrected chi connectivity index (χ3v) is 9.38. The third kappa shape index (κ3) is 42.6. The number of carboxylic acid groups (broad SMARTS) is 1. The number of likely N-dealkylation sites (N-methyl/N-ethyl adjacent to an activating group) is 1. The van der Waals surface area contributed by atoms with Crippen molar-refractivity contribution in [2.24, 2.45) is 0 Å². The molecule has 0 aromatic heterocycles. The highest BCUT2D eigenvalue weighted by molar-refractivity contribution is 5.70. The van der Waals surface area contributed by atoms with Crippen LogP contribution < -0.4 is 5.11 Å². The molecule has 2 atom stereocenters. The first-order valence-corrected chi connectivity index (χ1v) is 23.2. The Morgan fingerprint density at radius 3 is 1.47 bits per heavy atom. The van der Waals surface area contributed by atoms with Crippen molar-refractivity contribution in [2.45, 2.75) is 174 Å². The van der Waals surface area contributed by atoms with E-state index in [1.54, 1.807) is 0 Å². The molecular weight excluding hydrogens is 755 g/mol. The van der Waals surface area contributed by atoms with E-state index in [-0.39, 0.29) is 38.6 Å². The first-order chi connectivity index (χ1) is 29.1. The van der Waals surface area contributed by atoms with Crippen molar-refractivity contribution in [3.05, 3.63) is 85.1 Å². The Balaban J connectivity index is 4.54. The number of nitrogens with zero attached hydrogens (tertiary/aromatic N) is 1. The second-order valence-electron chi connectivity index (χ2n) is 16.3. The lowest BCUT2D eigenvalue weighted by Crippen LogP contribution is -2.44. The number of quaternary nitrogens is 1. The van der Waals surface area contributed by atoms with E-state index in [1.165, 1.54) is 38.5 Å². The van der Waals surface area contributed by atoms with Gasteiger partial charge in [0.2, 0.25) is 0 Å². The SMILES string of the molecule is CC/C=C\C/C=C\C/C=C\C/C=C\C/C=C\C/C=C\CCCCC(=O)OC(COC(=O)CCCCCCC/C=C\CCCCCCC)COC(OCC[N+](C)(C)C)C(=O)[O-]. The van der Waals surface area contributed by atoms with Crippen LogP contribution in [-0.4, -0.2) is 82.3 Å². The molecule has 0 saturated heterocycles. The van der Waals surface area contributed by atoms with E-state index in [2.05, 4.69) is 98.9 Å². The molecule has 0 aliphatic carbocycles. The Morgan fingerprint density at radius 2 is 0.950 bits per heavy atom. The van der Waals surface area contributed by atoms with Gasteiger partial charge in [0.05, 0.1) is 40.3 Å². The van der Waals surface area contributed by atoms with Crippen LogP contribution in [0.15, 0.2) is 85.1 Å². The van der Waals surface area contributed by atoms with Crippen molar-refractivity contribution in [3.8, 4) is 0 Å². The van der Waals surface area contributed by atoms with Gasteiger partial charge < -0.3 is 33.3 Å².